The zero-order chi connectivity index (χ0) is 19.4. The third-order valence-corrected chi connectivity index (χ3v) is 5.61. The van der Waals surface area contributed by atoms with Crippen LogP contribution in [0.3, 0.4) is 0 Å². The minimum atomic E-state index is 0.0277. The predicted octanol–water partition coefficient (Wildman–Crippen LogP) is 4.64. The van der Waals surface area contributed by atoms with E-state index in [1.54, 1.807) is 14.2 Å². The molecule has 0 N–H and O–H groups in total. The maximum absolute atomic E-state index is 12.9. The third-order valence-electron chi connectivity index (χ3n) is 4.42. The number of thiazole rings is 1. The molecule has 0 saturated heterocycles. The molecule has 0 aliphatic heterocycles. The van der Waals surface area contributed by atoms with Crippen LogP contribution in [0.1, 0.15) is 42.6 Å². The molecule has 1 heterocycles. The van der Waals surface area contributed by atoms with E-state index in [0.29, 0.717) is 22.3 Å². The topological polar surface area (TPSA) is 51.7 Å². The third kappa shape index (κ3) is 4.36. The average Bonchev–Trinajstić information content (AvgIpc) is 3.00. The van der Waals surface area contributed by atoms with Crippen LogP contribution in [0.15, 0.2) is 18.2 Å². The smallest absolute Gasteiger partial charge is 0.265 e. The number of methoxy groups -OCH3 is 2. The van der Waals surface area contributed by atoms with Gasteiger partial charge < -0.3 is 14.4 Å². The number of hydrogen-bond acceptors (Lipinski definition) is 5. The van der Waals surface area contributed by atoms with Crippen LogP contribution >= 0.6 is 11.3 Å². The molecule has 1 unspecified atom stereocenters. The molecule has 1 aromatic carbocycles. The molecule has 142 valence electrons. The van der Waals surface area contributed by atoms with Crippen molar-refractivity contribution in [2.24, 2.45) is 5.92 Å². The Morgan fingerprint density at radius 3 is 2.42 bits per heavy atom. The fourth-order valence-corrected chi connectivity index (χ4v) is 3.93. The van der Waals surface area contributed by atoms with Gasteiger partial charge in [0.2, 0.25) is 0 Å². The Balaban J connectivity index is 2.30. The number of nitrogens with zero attached hydrogens (tertiary/aromatic N) is 2. The highest BCUT2D eigenvalue weighted by Crippen LogP contribution is 2.35. The first-order valence-corrected chi connectivity index (χ1v) is 9.57. The van der Waals surface area contributed by atoms with E-state index in [4.69, 9.17) is 9.47 Å². The quantitative estimate of drug-likeness (QED) is 0.706. The van der Waals surface area contributed by atoms with E-state index >= 15 is 0 Å². The van der Waals surface area contributed by atoms with Crippen molar-refractivity contribution in [3.05, 3.63) is 28.8 Å². The molecule has 0 spiro atoms. The molecule has 0 fully saturated rings. The van der Waals surface area contributed by atoms with Crippen molar-refractivity contribution < 1.29 is 14.3 Å². The van der Waals surface area contributed by atoms with Crippen molar-refractivity contribution in [1.29, 1.82) is 0 Å². The summed E-state index contributed by atoms with van der Waals surface area (Å²) < 4.78 is 10.6. The summed E-state index contributed by atoms with van der Waals surface area (Å²) in [5, 5.41) is 0.803. The van der Waals surface area contributed by atoms with Gasteiger partial charge in [-0.1, -0.05) is 13.8 Å². The lowest BCUT2D eigenvalue weighted by Gasteiger charge is -2.26. The van der Waals surface area contributed by atoms with E-state index in [-0.39, 0.29) is 11.9 Å². The molecular weight excluding hydrogens is 348 g/mol. The highest BCUT2D eigenvalue weighted by Gasteiger charge is 2.23. The molecule has 2 aromatic rings. The summed E-state index contributed by atoms with van der Waals surface area (Å²) in [6.07, 6.45) is 0.975. The van der Waals surface area contributed by atoms with Gasteiger partial charge >= 0.3 is 0 Å². The lowest BCUT2D eigenvalue weighted by Crippen LogP contribution is -2.35. The van der Waals surface area contributed by atoms with Crippen LogP contribution in [0.5, 0.6) is 11.5 Å². The number of amides is 1. The number of rotatable bonds is 7. The average molecular weight is 377 g/mol. The summed E-state index contributed by atoms with van der Waals surface area (Å²) in [5.74, 6) is 1.89. The van der Waals surface area contributed by atoms with Gasteiger partial charge in [-0.15, -0.1) is 11.3 Å². The lowest BCUT2D eigenvalue weighted by atomic mass is 10.0. The van der Waals surface area contributed by atoms with E-state index in [2.05, 4.69) is 25.8 Å². The molecule has 1 amide bonds. The van der Waals surface area contributed by atoms with Crippen LogP contribution in [-0.4, -0.2) is 43.1 Å². The van der Waals surface area contributed by atoms with Crippen molar-refractivity contribution >= 4 is 17.2 Å². The summed E-state index contributed by atoms with van der Waals surface area (Å²) in [4.78, 5) is 20.0. The summed E-state index contributed by atoms with van der Waals surface area (Å²) in [6.45, 7) is 8.31. The molecule has 0 radical (unpaired) electrons. The number of carbonyl (C=O) groups excluding carboxylic acids is 1. The Kier molecular flexibility index (Phi) is 6.64. The molecule has 26 heavy (non-hydrogen) atoms. The second kappa shape index (κ2) is 8.54. The van der Waals surface area contributed by atoms with Crippen LogP contribution in [0, 0.1) is 12.8 Å². The second-order valence-corrected chi connectivity index (χ2v) is 7.90. The van der Waals surface area contributed by atoms with Gasteiger partial charge in [-0.25, -0.2) is 4.98 Å². The molecule has 0 saturated carbocycles. The Morgan fingerprint density at radius 1 is 1.19 bits per heavy atom. The minimum Gasteiger partial charge on any atom is -0.493 e. The predicted molar refractivity (Wildman–Crippen MR) is 106 cm³/mol. The summed E-state index contributed by atoms with van der Waals surface area (Å²) >= 11 is 1.42. The zero-order valence-corrected chi connectivity index (χ0v) is 17.4. The molecular formula is C20H28N2O3S. The number of benzene rings is 1. The van der Waals surface area contributed by atoms with Gasteiger partial charge in [-0.2, -0.15) is 0 Å². The second-order valence-electron chi connectivity index (χ2n) is 6.90. The highest BCUT2D eigenvalue weighted by atomic mass is 32.1. The van der Waals surface area contributed by atoms with Gasteiger partial charge in [-0.3, -0.25) is 4.79 Å². The first kappa shape index (κ1) is 20.2. The van der Waals surface area contributed by atoms with Crippen LogP contribution in [0.25, 0.3) is 10.6 Å². The van der Waals surface area contributed by atoms with E-state index in [1.165, 1.54) is 11.3 Å². The van der Waals surface area contributed by atoms with Gasteiger partial charge in [-0.05, 0) is 44.4 Å². The Bertz CT molecular complexity index is 770. The van der Waals surface area contributed by atoms with Crippen molar-refractivity contribution in [3.63, 3.8) is 0 Å². The number of hydrogen-bond donors (Lipinski definition) is 0. The van der Waals surface area contributed by atoms with Gasteiger partial charge in [0.05, 0.1) is 19.9 Å². The first-order valence-electron chi connectivity index (χ1n) is 8.75. The minimum absolute atomic E-state index is 0.0277. The van der Waals surface area contributed by atoms with Crippen LogP contribution in [0.2, 0.25) is 0 Å². The Hall–Kier alpha value is -2.08. The molecule has 6 heteroatoms. The van der Waals surface area contributed by atoms with E-state index in [9.17, 15) is 4.79 Å². The van der Waals surface area contributed by atoms with Crippen molar-refractivity contribution in [3.8, 4) is 22.1 Å². The largest absolute Gasteiger partial charge is 0.493 e. The maximum atomic E-state index is 12.9. The van der Waals surface area contributed by atoms with E-state index in [0.717, 1.165) is 22.7 Å². The van der Waals surface area contributed by atoms with Crippen molar-refractivity contribution in [1.82, 2.24) is 9.88 Å². The van der Waals surface area contributed by atoms with E-state index < -0.39 is 0 Å². The summed E-state index contributed by atoms with van der Waals surface area (Å²) in [7, 11) is 5.08. The maximum Gasteiger partial charge on any atom is 0.265 e. The molecule has 1 atom stereocenters. The van der Waals surface area contributed by atoms with Crippen LogP contribution in [0.4, 0.5) is 0 Å². The van der Waals surface area contributed by atoms with Gasteiger partial charge in [0, 0.05) is 18.7 Å². The molecule has 0 bridgehead atoms. The van der Waals surface area contributed by atoms with Crippen LogP contribution < -0.4 is 9.47 Å². The molecule has 0 aliphatic carbocycles. The summed E-state index contributed by atoms with van der Waals surface area (Å²) in [5.41, 5.74) is 1.67. The Morgan fingerprint density at radius 2 is 1.85 bits per heavy atom. The van der Waals surface area contributed by atoms with Gasteiger partial charge in [0.1, 0.15) is 9.88 Å². The number of ether oxygens (including phenoxy) is 2. The first-order chi connectivity index (χ1) is 12.3. The van der Waals surface area contributed by atoms with E-state index in [1.807, 2.05) is 37.1 Å². The standard InChI is InChI=1S/C20H28N2O3S/c1-12(2)10-13(3)22(5)20(23)18-14(4)21-19(26-18)15-8-9-16(24-6)17(11-15)25-7/h8-9,11-13H,10H2,1-7H3. The number of aromatic nitrogens is 1. The van der Waals surface area contributed by atoms with Crippen molar-refractivity contribution in [2.75, 3.05) is 21.3 Å². The van der Waals surface area contributed by atoms with Gasteiger partial charge in [0.15, 0.2) is 11.5 Å². The fourth-order valence-electron chi connectivity index (χ4n) is 2.89. The number of aryl methyl sites for hydroxylation is 1. The fraction of sp³-hybridized carbons (Fsp3) is 0.500. The molecule has 2 rings (SSSR count). The zero-order valence-electron chi connectivity index (χ0n) is 16.6. The molecule has 0 aliphatic rings. The SMILES string of the molecule is COc1ccc(-c2nc(C)c(C(=O)N(C)C(C)CC(C)C)s2)cc1OC. The van der Waals surface area contributed by atoms with Crippen LogP contribution in [-0.2, 0) is 0 Å². The number of carbonyl (C=O) groups is 1. The monoisotopic (exact) mass is 376 g/mol. The normalized spacial score (nSPS) is 12.2. The van der Waals surface area contributed by atoms with Crippen molar-refractivity contribution in [2.45, 2.75) is 40.2 Å². The Labute approximate surface area is 160 Å². The highest BCUT2D eigenvalue weighted by molar-refractivity contribution is 7.17. The molecule has 1 aromatic heterocycles. The summed E-state index contributed by atoms with van der Waals surface area (Å²) in [6, 6.07) is 5.85. The molecule has 5 nitrogen and oxygen atoms in total. The van der Waals surface area contributed by atoms with Gasteiger partial charge in [0.25, 0.3) is 5.91 Å². The lowest BCUT2D eigenvalue weighted by molar-refractivity contribution is 0.0732.